The summed E-state index contributed by atoms with van der Waals surface area (Å²) >= 11 is 0. The van der Waals surface area contributed by atoms with E-state index in [1.54, 1.807) is 0 Å². The summed E-state index contributed by atoms with van der Waals surface area (Å²) in [6, 6.07) is 16.4. The van der Waals surface area contributed by atoms with Crippen LogP contribution in [0.1, 0.15) is 28.7 Å². The van der Waals surface area contributed by atoms with Gasteiger partial charge in [0.05, 0.1) is 0 Å². The lowest BCUT2D eigenvalue weighted by Gasteiger charge is -2.09. The number of hydrogen-bond donors (Lipinski definition) is 2. The quantitative estimate of drug-likeness (QED) is 0.771. The van der Waals surface area contributed by atoms with Crippen molar-refractivity contribution < 1.29 is 4.79 Å². The zero-order chi connectivity index (χ0) is 15.8. The van der Waals surface area contributed by atoms with Gasteiger partial charge >= 0.3 is 0 Å². The lowest BCUT2D eigenvalue weighted by Crippen LogP contribution is -2.27. The second-order valence-corrected chi connectivity index (χ2v) is 5.56. The number of hydrogen-bond acceptors (Lipinski definition) is 2. The van der Waals surface area contributed by atoms with Gasteiger partial charge in [0.2, 0.25) is 5.91 Å². The summed E-state index contributed by atoms with van der Waals surface area (Å²) in [7, 11) is 0. The van der Waals surface area contributed by atoms with Crippen molar-refractivity contribution >= 4 is 5.91 Å². The second-order valence-electron chi connectivity index (χ2n) is 5.56. The molecule has 0 unspecified atom stereocenters. The highest BCUT2D eigenvalue weighted by atomic mass is 16.1. The smallest absolute Gasteiger partial charge is 0.221 e. The lowest BCUT2D eigenvalue weighted by molar-refractivity contribution is -0.121. The summed E-state index contributed by atoms with van der Waals surface area (Å²) in [5.41, 5.74) is 4.94. The molecule has 0 bridgehead atoms. The molecule has 0 aliphatic heterocycles. The van der Waals surface area contributed by atoms with Crippen molar-refractivity contribution in [3.05, 3.63) is 70.8 Å². The van der Waals surface area contributed by atoms with E-state index in [9.17, 15) is 4.79 Å². The van der Waals surface area contributed by atoms with Gasteiger partial charge < -0.3 is 10.6 Å². The molecule has 0 radical (unpaired) electrons. The largest absolute Gasteiger partial charge is 0.352 e. The van der Waals surface area contributed by atoms with Crippen LogP contribution in [0.5, 0.6) is 0 Å². The molecule has 0 spiro atoms. The molecule has 0 aliphatic carbocycles. The Kier molecular flexibility index (Phi) is 6.16. The molecular formula is C19H24N2O. The predicted molar refractivity (Wildman–Crippen MR) is 90.5 cm³/mol. The van der Waals surface area contributed by atoms with Gasteiger partial charge in [-0.1, -0.05) is 48.5 Å². The first kappa shape index (κ1) is 16.2. The van der Waals surface area contributed by atoms with Gasteiger partial charge in [-0.05, 0) is 36.1 Å². The van der Waals surface area contributed by atoms with E-state index in [2.05, 4.69) is 42.7 Å². The van der Waals surface area contributed by atoms with E-state index in [0.717, 1.165) is 6.54 Å². The van der Waals surface area contributed by atoms with Crippen LogP contribution in [0, 0.1) is 13.8 Å². The Morgan fingerprint density at radius 1 is 0.864 bits per heavy atom. The van der Waals surface area contributed by atoms with Crippen molar-refractivity contribution in [1.82, 2.24) is 10.6 Å². The van der Waals surface area contributed by atoms with Crippen molar-refractivity contribution in [2.45, 2.75) is 33.4 Å². The van der Waals surface area contributed by atoms with Crippen LogP contribution in [-0.2, 0) is 17.9 Å². The third kappa shape index (κ3) is 5.01. The maximum absolute atomic E-state index is 11.9. The van der Waals surface area contributed by atoms with Crippen LogP contribution in [0.15, 0.2) is 48.5 Å². The molecule has 22 heavy (non-hydrogen) atoms. The average molecular weight is 296 g/mol. The number of rotatable bonds is 7. The Morgan fingerprint density at radius 2 is 1.41 bits per heavy atom. The zero-order valence-corrected chi connectivity index (χ0v) is 13.4. The monoisotopic (exact) mass is 296 g/mol. The van der Waals surface area contributed by atoms with Crippen LogP contribution >= 0.6 is 0 Å². The highest BCUT2D eigenvalue weighted by molar-refractivity contribution is 5.76. The SMILES string of the molecule is Cc1ccccc1CNCCC(=O)NCc1ccccc1C. The van der Waals surface area contributed by atoms with E-state index in [0.29, 0.717) is 19.5 Å². The second kappa shape index (κ2) is 8.35. The molecule has 0 heterocycles. The Labute approximate surface area is 132 Å². The van der Waals surface area contributed by atoms with Gasteiger partial charge in [-0.25, -0.2) is 0 Å². The minimum atomic E-state index is 0.0838. The molecule has 0 aliphatic rings. The zero-order valence-electron chi connectivity index (χ0n) is 13.4. The number of aryl methyl sites for hydroxylation is 2. The van der Waals surface area contributed by atoms with E-state index in [4.69, 9.17) is 0 Å². The van der Waals surface area contributed by atoms with E-state index in [1.165, 1.54) is 22.3 Å². The Balaban J connectivity index is 1.66. The Bertz CT molecular complexity index is 622. The normalized spacial score (nSPS) is 10.5. The molecule has 2 rings (SSSR count). The molecule has 0 aromatic heterocycles. The summed E-state index contributed by atoms with van der Waals surface area (Å²) in [5, 5.41) is 6.29. The van der Waals surface area contributed by atoms with E-state index >= 15 is 0 Å². The van der Waals surface area contributed by atoms with E-state index in [1.807, 2.05) is 30.3 Å². The average Bonchev–Trinajstić information content (AvgIpc) is 2.52. The van der Waals surface area contributed by atoms with Crippen LogP contribution in [0.25, 0.3) is 0 Å². The van der Waals surface area contributed by atoms with E-state index < -0.39 is 0 Å². The Hall–Kier alpha value is -2.13. The van der Waals surface area contributed by atoms with Crippen LogP contribution in [-0.4, -0.2) is 12.5 Å². The number of carbonyl (C=O) groups is 1. The van der Waals surface area contributed by atoms with Gasteiger partial charge in [0.15, 0.2) is 0 Å². The van der Waals surface area contributed by atoms with Gasteiger partial charge in [0.25, 0.3) is 0 Å². The van der Waals surface area contributed by atoms with Crippen molar-refractivity contribution in [1.29, 1.82) is 0 Å². The minimum absolute atomic E-state index is 0.0838. The molecule has 1 amide bonds. The van der Waals surface area contributed by atoms with Crippen molar-refractivity contribution in [3.8, 4) is 0 Å². The topological polar surface area (TPSA) is 41.1 Å². The van der Waals surface area contributed by atoms with Crippen LogP contribution < -0.4 is 10.6 Å². The lowest BCUT2D eigenvalue weighted by atomic mass is 10.1. The van der Waals surface area contributed by atoms with E-state index in [-0.39, 0.29) is 5.91 Å². The van der Waals surface area contributed by atoms with Crippen LogP contribution in [0.2, 0.25) is 0 Å². The molecule has 2 N–H and O–H groups in total. The summed E-state index contributed by atoms with van der Waals surface area (Å²) in [5.74, 6) is 0.0838. The fourth-order valence-corrected chi connectivity index (χ4v) is 2.32. The van der Waals surface area contributed by atoms with Gasteiger partial charge in [-0.2, -0.15) is 0 Å². The van der Waals surface area contributed by atoms with Crippen molar-refractivity contribution in [2.24, 2.45) is 0 Å². The molecule has 2 aromatic rings. The molecular weight excluding hydrogens is 272 g/mol. The van der Waals surface area contributed by atoms with Crippen LogP contribution in [0.4, 0.5) is 0 Å². The van der Waals surface area contributed by atoms with Crippen LogP contribution in [0.3, 0.4) is 0 Å². The molecule has 0 fully saturated rings. The summed E-state index contributed by atoms with van der Waals surface area (Å²) in [6.07, 6.45) is 0.498. The molecule has 2 aromatic carbocycles. The third-order valence-corrected chi connectivity index (χ3v) is 3.84. The first-order chi connectivity index (χ1) is 10.7. The van der Waals surface area contributed by atoms with Gasteiger partial charge in [0, 0.05) is 26.1 Å². The maximum atomic E-state index is 11.9. The molecule has 0 atom stereocenters. The minimum Gasteiger partial charge on any atom is -0.352 e. The van der Waals surface area contributed by atoms with Gasteiger partial charge in [0.1, 0.15) is 0 Å². The standard InChI is InChI=1S/C19H24N2O/c1-15-7-3-5-9-17(15)13-20-12-11-19(22)21-14-18-10-6-4-8-16(18)2/h3-10,20H,11-14H2,1-2H3,(H,21,22). The van der Waals surface area contributed by atoms with Crippen molar-refractivity contribution in [2.75, 3.05) is 6.54 Å². The number of nitrogens with one attached hydrogen (secondary N) is 2. The van der Waals surface area contributed by atoms with Gasteiger partial charge in [-0.3, -0.25) is 4.79 Å². The number of amides is 1. The number of benzene rings is 2. The molecule has 0 saturated heterocycles. The summed E-state index contributed by atoms with van der Waals surface area (Å²) < 4.78 is 0. The summed E-state index contributed by atoms with van der Waals surface area (Å²) in [6.45, 7) is 6.26. The number of carbonyl (C=O) groups excluding carboxylic acids is 1. The highest BCUT2D eigenvalue weighted by Crippen LogP contribution is 2.07. The Morgan fingerprint density at radius 3 is 2.00 bits per heavy atom. The first-order valence-corrected chi connectivity index (χ1v) is 7.73. The fourth-order valence-electron chi connectivity index (χ4n) is 2.32. The maximum Gasteiger partial charge on any atom is 0.221 e. The van der Waals surface area contributed by atoms with Crippen molar-refractivity contribution in [3.63, 3.8) is 0 Å². The summed E-state index contributed by atoms with van der Waals surface area (Å²) in [4.78, 5) is 11.9. The molecule has 3 heteroatoms. The molecule has 0 saturated carbocycles. The fraction of sp³-hybridized carbons (Fsp3) is 0.316. The molecule has 116 valence electrons. The predicted octanol–water partition coefficient (Wildman–Crippen LogP) is 3.10. The molecule has 3 nitrogen and oxygen atoms in total. The third-order valence-electron chi connectivity index (χ3n) is 3.84. The van der Waals surface area contributed by atoms with Gasteiger partial charge in [-0.15, -0.1) is 0 Å². The first-order valence-electron chi connectivity index (χ1n) is 7.73. The highest BCUT2D eigenvalue weighted by Gasteiger charge is 2.03.